The van der Waals surface area contributed by atoms with E-state index in [-0.39, 0.29) is 5.82 Å². The fourth-order valence-corrected chi connectivity index (χ4v) is 3.60. The van der Waals surface area contributed by atoms with E-state index in [1.807, 2.05) is 47.5 Å². The molecule has 0 saturated carbocycles. The van der Waals surface area contributed by atoms with Crippen LogP contribution >= 0.6 is 33.9 Å². The monoisotopic (exact) mass is 451 g/mol. The lowest BCUT2D eigenvalue weighted by molar-refractivity contribution is 0.628. The zero-order chi connectivity index (χ0) is 16.9. The van der Waals surface area contributed by atoms with Gasteiger partial charge in [0, 0.05) is 26.6 Å². The van der Waals surface area contributed by atoms with Crippen LogP contribution in [0.4, 0.5) is 4.39 Å². The lowest BCUT2D eigenvalue weighted by atomic mass is 10.2. The smallest absolute Gasteiger partial charge is 0.206 e. The third-order valence-electron chi connectivity index (χ3n) is 3.34. The third kappa shape index (κ3) is 3.81. The van der Waals surface area contributed by atoms with E-state index in [0.29, 0.717) is 6.54 Å². The van der Waals surface area contributed by atoms with Crippen molar-refractivity contribution in [1.82, 2.24) is 4.68 Å². The molecule has 1 heterocycles. The van der Waals surface area contributed by atoms with Gasteiger partial charge in [0.2, 0.25) is 4.80 Å². The highest BCUT2D eigenvalue weighted by atomic mass is 127. The Hall–Kier alpha value is -1.80. The van der Waals surface area contributed by atoms with E-state index in [1.165, 1.54) is 23.5 Å². The summed E-state index contributed by atoms with van der Waals surface area (Å²) < 4.78 is 16.1. The molecular weight excluding hydrogens is 436 g/mol. The molecule has 0 N–H and O–H groups in total. The zero-order valence-electron chi connectivity index (χ0n) is 13.0. The number of hydrogen-bond donors (Lipinski definition) is 0. The molecule has 0 amide bonds. The summed E-state index contributed by atoms with van der Waals surface area (Å²) in [5.74, 6) is -0.249. The number of halogens is 2. The second kappa shape index (κ2) is 7.85. The number of thiazole rings is 1. The van der Waals surface area contributed by atoms with Crippen molar-refractivity contribution in [2.24, 2.45) is 10.1 Å². The van der Waals surface area contributed by atoms with Crippen LogP contribution in [0.25, 0.3) is 11.3 Å². The fraction of sp³-hybridized carbons (Fsp3) is 0.111. The molecule has 3 rings (SSSR count). The summed E-state index contributed by atoms with van der Waals surface area (Å²) in [4.78, 5) is 5.32. The lowest BCUT2D eigenvalue weighted by Crippen LogP contribution is -2.12. The second-order valence-electron chi connectivity index (χ2n) is 4.96. The van der Waals surface area contributed by atoms with E-state index < -0.39 is 0 Å². The molecular formula is C18H15FIN3S. The van der Waals surface area contributed by atoms with Gasteiger partial charge in [0.1, 0.15) is 5.82 Å². The highest BCUT2D eigenvalue weighted by Crippen LogP contribution is 2.20. The maximum absolute atomic E-state index is 13.2. The van der Waals surface area contributed by atoms with Crippen molar-refractivity contribution in [3.05, 3.63) is 73.7 Å². The van der Waals surface area contributed by atoms with E-state index in [2.05, 4.69) is 32.7 Å². The largest absolute Gasteiger partial charge is 0.258 e. The van der Waals surface area contributed by atoms with Crippen molar-refractivity contribution in [3.8, 4) is 11.3 Å². The summed E-state index contributed by atoms with van der Waals surface area (Å²) in [5.41, 5.74) is 2.85. The third-order valence-corrected chi connectivity index (χ3v) is 5.17. The van der Waals surface area contributed by atoms with Gasteiger partial charge in [-0.15, -0.1) is 11.3 Å². The SMILES string of the molecule is CCN=c1scc(-c2ccc(F)cc2)n1/N=C\c1ccccc1I. The fourth-order valence-electron chi connectivity index (χ4n) is 2.17. The molecule has 0 aliphatic rings. The van der Waals surface area contributed by atoms with Gasteiger partial charge in [-0.05, 0) is 59.8 Å². The number of benzene rings is 2. The van der Waals surface area contributed by atoms with Crippen molar-refractivity contribution < 1.29 is 4.39 Å². The van der Waals surface area contributed by atoms with Crippen LogP contribution in [0.2, 0.25) is 0 Å². The van der Waals surface area contributed by atoms with Crippen LogP contribution in [0.5, 0.6) is 0 Å². The molecule has 0 radical (unpaired) electrons. The van der Waals surface area contributed by atoms with Gasteiger partial charge >= 0.3 is 0 Å². The predicted octanol–water partition coefficient (Wildman–Crippen LogP) is 4.76. The van der Waals surface area contributed by atoms with Gasteiger partial charge in [0.15, 0.2) is 0 Å². The van der Waals surface area contributed by atoms with Gasteiger partial charge in [-0.3, -0.25) is 4.99 Å². The molecule has 2 aromatic carbocycles. The van der Waals surface area contributed by atoms with Crippen molar-refractivity contribution >= 4 is 40.1 Å². The topological polar surface area (TPSA) is 29.6 Å². The molecule has 3 aromatic rings. The summed E-state index contributed by atoms with van der Waals surface area (Å²) in [5, 5.41) is 6.62. The van der Waals surface area contributed by atoms with Gasteiger partial charge in [-0.25, -0.2) is 9.07 Å². The molecule has 1 aromatic heterocycles. The first kappa shape index (κ1) is 17.0. The second-order valence-corrected chi connectivity index (χ2v) is 6.96. The van der Waals surface area contributed by atoms with Crippen molar-refractivity contribution in [1.29, 1.82) is 0 Å². The van der Waals surface area contributed by atoms with E-state index in [1.54, 1.807) is 12.1 Å². The van der Waals surface area contributed by atoms with Gasteiger partial charge in [0.25, 0.3) is 0 Å². The molecule has 122 valence electrons. The Kier molecular flexibility index (Phi) is 5.57. The van der Waals surface area contributed by atoms with Crippen molar-refractivity contribution in [3.63, 3.8) is 0 Å². The standard InChI is InChI=1S/C18H15FIN3S/c1-2-21-18-23(22-11-14-5-3-4-6-16(14)20)17(12-24-18)13-7-9-15(19)10-8-13/h3-12H,2H2,1H3/b21-18?,22-11-. The van der Waals surface area contributed by atoms with Gasteiger partial charge in [-0.2, -0.15) is 5.10 Å². The Morgan fingerprint density at radius 2 is 1.92 bits per heavy atom. The first-order chi connectivity index (χ1) is 11.7. The van der Waals surface area contributed by atoms with E-state index in [9.17, 15) is 4.39 Å². The molecule has 0 aliphatic heterocycles. The first-order valence-electron chi connectivity index (χ1n) is 7.45. The molecule has 0 fully saturated rings. The van der Waals surface area contributed by atoms with Crippen molar-refractivity contribution in [2.75, 3.05) is 6.54 Å². The average Bonchev–Trinajstić information content (AvgIpc) is 2.98. The van der Waals surface area contributed by atoms with Crippen molar-refractivity contribution in [2.45, 2.75) is 6.92 Å². The predicted molar refractivity (Wildman–Crippen MR) is 106 cm³/mol. The molecule has 3 nitrogen and oxygen atoms in total. The average molecular weight is 451 g/mol. The normalized spacial score (nSPS) is 12.2. The Morgan fingerprint density at radius 1 is 1.17 bits per heavy atom. The molecule has 0 bridgehead atoms. The summed E-state index contributed by atoms with van der Waals surface area (Å²) in [7, 11) is 0. The Morgan fingerprint density at radius 3 is 2.62 bits per heavy atom. The van der Waals surface area contributed by atoms with Crippen LogP contribution in [0, 0.1) is 9.39 Å². The minimum atomic E-state index is -0.249. The highest BCUT2D eigenvalue weighted by Gasteiger charge is 2.07. The van der Waals surface area contributed by atoms with Gasteiger partial charge in [0.05, 0.1) is 11.9 Å². The van der Waals surface area contributed by atoms with Crippen LogP contribution in [0.15, 0.2) is 64.0 Å². The first-order valence-corrected chi connectivity index (χ1v) is 9.40. The number of rotatable bonds is 4. The Bertz CT molecular complexity index is 926. The molecule has 0 spiro atoms. The van der Waals surface area contributed by atoms with Crippen LogP contribution in [0.1, 0.15) is 12.5 Å². The van der Waals surface area contributed by atoms with E-state index >= 15 is 0 Å². The number of nitrogens with zero attached hydrogens (tertiary/aromatic N) is 3. The van der Waals surface area contributed by atoms with Crippen LogP contribution < -0.4 is 4.80 Å². The quantitative estimate of drug-likeness (QED) is 0.405. The zero-order valence-corrected chi connectivity index (χ0v) is 16.0. The summed E-state index contributed by atoms with van der Waals surface area (Å²) >= 11 is 3.81. The maximum atomic E-state index is 13.2. The van der Waals surface area contributed by atoms with Gasteiger partial charge in [-0.1, -0.05) is 18.2 Å². The molecule has 0 unspecified atom stereocenters. The number of aromatic nitrogens is 1. The molecule has 6 heteroatoms. The number of hydrogen-bond acceptors (Lipinski definition) is 3. The van der Waals surface area contributed by atoms with E-state index in [0.717, 1.165) is 25.2 Å². The molecule has 0 saturated heterocycles. The highest BCUT2D eigenvalue weighted by molar-refractivity contribution is 14.1. The molecule has 0 aliphatic carbocycles. The summed E-state index contributed by atoms with van der Waals surface area (Å²) in [6, 6.07) is 14.5. The van der Waals surface area contributed by atoms with Gasteiger partial charge < -0.3 is 0 Å². The summed E-state index contributed by atoms with van der Waals surface area (Å²) in [6.07, 6.45) is 1.83. The lowest BCUT2D eigenvalue weighted by Gasteiger charge is -2.04. The Balaban J connectivity index is 2.08. The van der Waals surface area contributed by atoms with Crippen LogP contribution in [-0.2, 0) is 0 Å². The van der Waals surface area contributed by atoms with E-state index in [4.69, 9.17) is 0 Å². The molecule has 0 atom stereocenters. The van der Waals surface area contributed by atoms with Crippen LogP contribution in [-0.4, -0.2) is 17.4 Å². The minimum Gasteiger partial charge on any atom is -0.258 e. The van der Waals surface area contributed by atoms with Crippen LogP contribution in [0.3, 0.4) is 0 Å². The Labute approximate surface area is 157 Å². The summed E-state index contributed by atoms with van der Waals surface area (Å²) in [6.45, 7) is 2.67. The molecule has 24 heavy (non-hydrogen) atoms. The maximum Gasteiger partial charge on any atom is 0.206 e. The minimum absolute atomic E-state index is 0.249.